The Labute approximate surface area is 90.6 Å². The molecule has 74 valence electrons. The van der Waals surface area contributed by atoms with E-state index in [4.69, 9.17) is 0 Å². The molecule has 15 heavy (non-hydrogen) atoms. The molecule has 0 atom stereocenters. The Morgan fingerprint density at radius 3 is 2.73 bits per heavy atom. The van der Waals surface area contributed by atoms with Crippen molar-refractivity contribution in [2.45, 2.75) is 20.3 Å². The fourth-order valence-electron chi connectivity index (χ4n) is 2.45. The summed E-state index contributed by atoms with van der Waals surface area (Å²) in [7, 11) is 0. The minimum atomic E-state index is 1.10. The second-order valence-corrected chi connectivity index (χ2v) is 4.42. The molecule has 0 nitrogen and oxygen atoms in total. The lowest BCUT2D eigenvalue weighted by molar-refractivity contribution is 1.11. The van der Waals surface area contributed by atoms with Crippen molar-refractivity contribution >= 4 is 6.08 Å². The summed E-state index contributed by atoms with van der Waals surface area (Å²) < 4.78 is 0. The SMILES string of the molecule is Cc1ccc(C)c2c1C=C1C=CC=C1C2. The van der Waals surface area contributed by atoms with E-state index in [1.807, 2.05) is 0 Å². The normalized spacial score (nSPS) is 16.9. The van der Waals surface area contributed by atoms with Crippen LogP contribution < -0.4 is 0 Å². The van der Waals surface area contributed by atoms with Crippen molar-refractivity contribution in [3.8, 4) is 0 Å². The number of rotatable bonds is 0. The van der Waals surface area contributed by atoms with Crippen molar-refractivity contribution < 1.29 is 0 Å². The van der Waals surface area contributed by atoms with Crippen LogP contribution in [-0.2, 0) is 6.42 Å². The number of benzene rings is 1. The molecule has 0 heterocycles. The lowest BCUT2D eigenvalue weighted by atomic mass is 9.85. The van der Waals surface area contributed by atoms with Crippen molar-refractivity contribution in [3.05, 3.63) is 63.8 Å². The van der Waals surface area contributed by atoms with Crippen molar-refractivity contribution in [1.29, 1.82) is 0 Å². The summed E-state index contributed by atoms with van der Waals surface area (Å²) in [4.78, 5) is 0. The zero-order valence-corrected chi connectivity index (χ0v) is 9.17. The molecule has 1 aromatic carbocycles. The maximum atomic E-state index is 2.33. The first-order valence-electron chi connectivity index (χ1n) is 5.44. The average molecular weight is 194 g/mol. The van der Waals surface area contributed by atoms with E-state index in [-0.39, 0.29) is 0 Å². The van der Waals surface area contributed by atoms with E-state index in [2.05, 4.69) is 50.3 Å². The molecule has 0 bridgehead atoms. The Kier molecular flexibility index (Phi) is 1.72. The van der Waals surface area contributed by atoms with Gasteiger partial charge in [-0.3, -0.25) is 0 Å². The van der Waals surface area contributed by atoms with E-state index in [0.717, 1.165) is 6.42 Å². The predicted molar refractivity (Wildman–Crippen MR) is 64.8 cm³/mol. The minimum absolute atomic E-state index is 1.10. The van der Waals surface area contributed by atoms with Crippen LogP contribution in [0.15, 0.2) is 41.5 Å². The zero-order valence-electron chi connectivity index (χ0n) is 9.17. The quantitative estimate of drug-likeness (QED) is 0.590. The molecule has 0 heteroatoms. The van der Waals surface area contributed by atoms with Gasteiger partial charge in [-0.2, -0.15) is 0 Å². The highest BCUT2D eigenvalue weighted by atomic mass is 14.2. The van der Waals surface area contributed by atoms with Crippen LogP contribution >= 0.6 is 0 Å². The van der Waals surface area contributed by atoms with Crippen LogP contribution in [0.4, 0.5) is 0 Å². The number of hydrogen-bond acceptors (Lipinski definition) is 0. The third kappa shape index (κ3) is 1.21. The first-order valence-corrected chi connectivity index (χ1v) is 5.44. The van der Waals surface area contributed by atoms with Crippen molar-refractivity contribution in [3.63, 3.8) is 0 Å². The topological polar surface area (TPSA) is 0 Å². The maximum absolute atomic E-state index is 2.33. The highest BCUT2D eigenvalue weighted by Crippen LogP contribution is 2.34. The average Bonchev–Trinajstić information content (AvgIpc) is 2.69. The minimum Gasteiger partial charge on any atom is -0.0614 e. The molecule has 2 aliphatic rings. The van der Waals surface area contributed by atoms with E-state index >= 15 is 0 Å². The Bertz CT molecular complexity index is 525. The summed E-state index contributed by atoms with van der Waals surface area (Å²) >= 11 is 0. The molecule has 0 fully saturated rings. The Balaban J connectivity index is 2.28. The van der Waals surface area contributed by atoms with Gasteiger partial charge in [0.2, 0.25) is 0 Å². The van der Waals surface area contributed by atoms with Crippen LogP contribution in [0.25, 0.3) is 6.08 Å². The number of allylic oxidation sites excluding steroid dienone is 5. The van der Waals surface area contributed by atoms with Gasteiger partial charge < -0.3 is 0 Å². The predicted octanol–water partition coefficient (Wildman–Crippen LogP) is 3.74. The second-order valence-electron chi connectivity index (χ2n) is 4.42. The van der Waals surface area contributed by atoms with Crippen molar-refractivity contribution in [1.82, 2.24) is 0 Å². The molecule has 0 aromatic heterocycles. The van der Waals surface area contributed by atoms with Gasteiger partial charge >= 0.3 is 0 Å². The summed E-state index contributed by atoms with van der Waals surface area (Å²) in [5.41, 5.74) is 8.62. The number of hydrogen-bond donors (Lipinski definition) is 0. The third-order valence-electron chi connectivity index (χ3n) is 3.42. The van der Waals surface area contributed by atoms with Gasteiger partial charge in [-0.25, -0.2) is 0 Å². The van der Waals surface area contributed by atoms with E-state index in [9.17, 15) is 0 Å². The van der Waals surface area contributed by atoms with Gasteiger partial charge in [0.25, 0.3) is 0 Å². The van der Waals surface area contributed by atoms with Gasteiger partial charge in [-0.05, 0) is 59.7 Å². The number of aryl methyl sites for hydroxylation is 2. The second kappa shape index (κ2) is 2.96. The fraction of sp³-hybridized carbons (Fsp3) is 0.200. The smallest absolute Gasteiger partial charge is 0.00112 e. The van der Waals surface area contributed by atoms with Crippen LogP contribution in [0.2, 0.25) is 0 Å². The largest absolute Gasteiger partial charge is 0.0614 e. The van der Waals surface area contributed by atoms with E-state index in [1.54, 1.807) is 0 Å². The van der Waals surface area contributed by atoms with Crippen LogP contribution in [0.1, 0.15) is 22.3 Å². The van der Waals surface area contributed by atoms with E-state index in [1.165, 1.54) is 33.4 Å². The lowest BCUT2D eigenvalue weighted by Crippen LogP contribution is -2.04. The molecule has 0 radical (unpaired) electrons. The maximum Gasteiger partial charge on any atom is -0.00112 e. The summed E-state index contributed by atoms with van der Waals surface area (Å²) in [5.74, 6) is 0. The lowest BCUT2D eigenvalue weighted by Gasteiger charge is -2.19. The fourth-order valence-corrected chi connectivity index (χ4v) is 2.45. The Morgan fingerprint density at radius 2 is 1.87 bits per heavy atom. The molecule has 2 aliphatic carbocycles. The van der Waals surface area contributed by atoms with Gasteiger partial charge in [-0.1, -0.05) is 30.4 Å². The van der Waals surface area contributed by atoms with Gasteiger partial charge in [0, 0.05) is 0 Å². The monoisotopic (exact) mass is 194 g/mol. The van der Waals surface area contributed by atoms with Crippen molar-refractivity contribution in [2.24, 2.45) is 0 Å². The van der Waals surface area contributed by atoms with Crippen LogP contribution in [0.3, 0.4) is 0 Å². The van der Waals surface area contributed by atoms with Crippen LogP contribution in [0.5, 0.6) is 0 Å². The van der Waals surface area contributed by atoms with E-state index in [0.29, 0.717) is 0 Å². The van der Waals surface area contributed by atoms with Gasteiger partial charge in [-0.15, -0.1) is 0 Å². The third-order valence-corrected chi connectivity index (χ3v) is 3.42. The summed E-state index contributed by atoms with van der Waals surface area (Å²) in [6, 6.07) is 4.45. The molecule has 0 N–H and O–H groups in total. The molecular weight excluding hydrogens is 180 g/mol. The Hall–Kier alpha value is -1.56. The van der Waals surface area contributed by atoms with Gasteiger partial charge in [0.1, 0.15) is 0 Å². The molecule has 0 saturated carbocycles. The summed E-state index contributed by atoms with van der Waals surface area (Å²) in [5, 5.41) is 0. The molecule has 0 aliphatic heterocycles. The molecule has 0 spiro atoms. The van der Waals surface area contributed by atoms with Crippen LogP contribution in [-0.4, -0.2) is 0 Å². The standard InChI is InChI=1S/C15H14/c1-10-6-7-11(2)15-9-13-5-3-4-12(13)8-14(10)15/h3-8H,9H2,1-2H3. The summed E-state index contributed by atoms with van der Waals surface area (Å²) in [6.07, 6.45) is 10.0. The molecule has 3 rings (SSSR count). The Morgan fingerprint density at radius 1 is 1.07 bits per heavy atom. The zero-order chi connectivity index (χ0) is 10.4. The highest BCUT2D eigenvalue weighted by molar-refractivity contribution is 5.74. The molecule has 0 amide bonds. The number of fused-ring (bicyclic) bond motifs is 2. The molecule has 1 aromatic rings. The molecule has 0 unspecified atom stereocenters. The highest BCUT2D eigenvalue weighted by Gasteiger charge is 2.18. The van der Waals surface area contributed by atoms with Crippen LogP contribution in [0, 0.1) is 13.8 Å². The van der Waals surface area contributed by atoms with Crippen molar-refractivity contribution in [2.75, 3.05) is 0 Å². The van der Waals surface area contributed by atoms with E-state index < -0.39 is 0 Å². The molecule has 0 saturated heterocycles. The first kappa shape index (κ1) is 8.72. The van der Waals surface area contributed by atoms with Gasteiger partial charge in [0.15, 0.2) is 0 Å². The van der Waals surface area contributed by atoms with Gasteiger partial charge in [0.05, 0.1) is 0 Å². The first-order chi connectivity index (χ1) is 7.25. The summed E-state index contributed by atoms with van der Waals surface area (Å²) in [6.45, 7) is 4.41. The molecular formula is C15H14.